The normalized spacial score (nSPS) is 10.7. The standard InChI is InChI=1S/C11H9Br2NO2/c1-2-16-11(15)7-5-14-10-4-9(13)8(12)3-6(7)10/h3-5,14H,2H2,1H3. The Morgan fingerprint density at radius 1 is 1.38 bits per heavy atom. The van der Waals surface area contributed by atoms with Gasteiger partial charge in [0.15, 0.2) is 0 Å². The van der Waals surface area contributed by atoms with E-state index < -0.39 is 0 Å². The van der Waals surface area contributed by atoms with Crippen molar-refractivity contribution < 1.29 is 9.53 Å². The van der Waals surface area contributed by atoms with Crippen LogP contribution in [0.15, 0.2) is 27.3 Å². The molecule has 0 bridgehead atoms. The first-order valence-electron chi connectivity index (χ1n) is 4.76. The van der Waals surface area contributed by atoms with Gasteiger partial charge in [0, 0.05) is 26.0 Å². The molecular formula is C11H9Br2NO2. The van der Waals surface area contributed by atoms with Crippen LogP contribution in [0.4, 0.5) is 0 Å². The molecule has 0 atom stereocenters. The molecule has 0 aliphatic carbocycles. The Balaban J connectivity index is 2.56. The molecule has 0 spiro atoms. The number of esters is 1. The number of hydrogen-bond donors (Lipinski definition) is 1. The van der Waals surface area contributed by atoms with Gasteiger partial charge in [-0.15, -0.1) is 0 Å². The van der Waals surface area contributed by atoms with Crippen LogP contribution >= 0.6 is 31.9 Å². The number of rotatable bonds is 2. The first-order valence-corrected chi connectivity index (χ1v) is 6.35. The van der Waals surface area contributed by atoms with Crippen molar-refractivity contribution >= 4 is 48.7 Å². The minimum atomic E-state index is -0.303. The highest BCUT2D eigenvalue weighted by molar-refractivity contribution is 9.13. The van der Waals surface area contributed by atoms with Crippen molar-refractivity contribution in [2.75, 3.05) is 6.61 Å². The number of halogens is 2. The van der Waals surface area contributed by atoms with Crippen LogP contribution in [-0.4, -0.2) is 17.6 Å². The number of aromatic nitrogens is 1. The summed E-state index contributed by atoms with van der Waals surface area (Å²) in [5.74, 6) is -0.303. The molecular weight excluding hydrogens is 338 g/mol. The molecule has 0 amide bonds. The zero-order valence-electron chi connectivity index (χ0n) is 8.51. The van der Waals surface area contributed by atoms with Crippen molar-refractivity contribution in [3.63, 3.8) is 0 Å². The Hall–Kier alpha value is -0.810. The fourth-order valence-electron chi connectivity index (χ4n) is 1.49. The summed E-state index contributed by atoms with van der Waals surface area (Å²) in [5.41, 5.74) is 1.46. The van der Waals surface area contributed by atoms with Crippen molar-refractivity contribution in [3.8, 4) is 0 Å². The van der Waals surface area contributed by atoms with Gasteiger partial charge < -0.3 is 9.72 Å². The average Bonchev–Trinajstić information content (AvgIpc) is 2.62. The van der Waals surface area contributed by atoms with Gasteiger partial charge in [0.2, 0.25) is 0 Å². The Bertz CT molecular complexity index is 548. The van der Waals surface area contributed by atoms with Gasteiger partial charge in [0.05, 0.1) is 12.2 Å². The third kappa shape index (κ3) is 2.01. The number of carbonyl (C=O) groups is 1. The maximum atomic E-state index is 11.6. The summed E-state index contributed by atoms with van der Waals surface area (Å²) in [6.45, 7) is 2.17. The van der Waals surface area contributed by atoms with E-state index in [0.717, 1.165) is 19.8 Å². The molecule has 0 unspecified atom stereocenters. The van der Waals surface area contributed by atoms with Crippen LogP contribution in [0.3, 0.4) is 0 Å². The van der Waals surface area contributed by atoms with Crippen molar-refractivity contribution in [2.45, 2.75) is 6.92 Å². The van der Waals surface area contributed by atoms with E-state index in [1.807, 2.05) is 12.1 Å². The molecule has 0 saturated heterocycles. The molecule has 1 aromatic carbocycles. The Morgan fingerprint density at radius 2 is 2.06 bits per heavy atom. The molecule has 1 N–H and O–H groups in total. The maximum Gasteiger partial charge on any atom is 0.340 e. The zero-order valence-corrected chi connectivity index (χ0v) is 11.7. The maximum absolute atomic E-state index is 11.6. The highest BCUT2D eigenvalue weighted by atomic mass is 79.9. The molecule has 2 aromatic rings. The number of H-pyrrole nitrogens is 1. The summed E-state index contributed by atoms with van der Waals surface area (Å²) in [4.78, 5) is 14.7. The third-order valence-electron chi connectivity index (χ3n) is 2.22. The van der Waals surface area contributed by atoms with Gasteiger partial charge in [0.25, 0.3) is 0 Å². The highest BCUT2D eigenvalue weighted by Crippen LogP contribution is 2.30. The summed E-state index contributed by atoms with van der Waals surface area (Å²) < 4.78 is 6.83. The first-order chi connectivity index (χ1) is 7.63. The number of aromatic amines is 1. The fraction of sp³-hybridized carbons (Fsp3) is 0.182. The minimum Gasteiger partial charge on any atom is -0.462 e. The van der Waals surface area contributed by atoms with E-state index in [1.54, 1.807) is 13.1 Å². The van der Waals surface area contributed by atoms with Crippen molar-refractivity contribution in [1.29, 1.82) is 0 Å². The molecule has 2 rings (SSSR count). The van der Waals surface area contributed by atoms with E-state index in [-0.39, 0.29) is 5.97 Å². The van der Waals surface area contributed by atoms with Crippen LogP contribution in [0.5, 0.6) is 0 Å². The van der Waals surface area contributed by atoms with E-state index in [9.17, 15) is 4.79 Å². The number of benzene rings is 1. The third-order valence-corrected chi connectivity index (χ3v) is 4.06. The number of fused-ring (bicyclic) bond motifs is 1. The molecule has 5 heteroatoms. The minimum absolute atomic E-state index is 0.303. The predicted molar refractivity (Wildman–Crippen MR) is 69.7 cm³/mol. The Kier molecular flexibility index (Phi) is 3.35. The molecule has 0 radical (unpaired) electrons. The summed E-state index contributed by atoms with van der Waals surface area (Å²) in [5, 5.41) is 0.855. The van der Waals surface area contributed by atoms with Gasteiger partial charge in [0.1, 0.15) is 0 Å². The Morgan fingerprint density at radius 3 is 2.75 bits per heavy atom. The number of nitrogens with one attached hydrogen (secondary N) is 1. The number of hydrogen-bond acceptors (Lipinski definition) is 2. The second-order valence-electron chi connectivity index (χ2n) is 3.23. The first kappa shape index (κ1) is 11.7. The lowest BCUT2D eigenvalue weighted by Gasteiger charge is -2.01. The smallest absolute Gasteiger partial charge is 0.340 e. The van der Waals surface area contributed by atoms with Crippen molar-refractivity contribution in [1.82, 2.24) is 4.98 Å². The molecule has 0 fully saturated rings. The average molecular weight is 347 g/mol. The second-order valence-corrected chi connectivity index (χ2v) is 4.94. The Labute approximate surface area is 109 Å². The van der Waals surface area contributed by atoms with Crippen LogP contribution in [0.1, 0.15) is 17.3 Å². The summed E-state index contributed by atoms with van der Waals surface area (Å²) >= 11 is 6.82. The topological polar surface area (TPSA) is 42.1 Å². The largest absolute Gasteiger partial charge is 0.462 e. The van der Waals surface area contributed by atoms with Crippen LogP contribution < -0.4 is 0 Å². The van der Waals surface area contributed by atoms with Gasteiger partial charge in [-0.3, -0.25) is 0 Å². The lowest BCUT2D eigenvalue weighted by Crippen LogP contribution is -2.03. The summed E-state index contributed by atoms with van der Waals surface area (Å²) in [6, 6.07) is 3.81. The lowest BCUT2D eigenvalue weighted by atomic mass is 10.2. The van der Waals surface area contributed by atoms with Crippen LogP contribution in [0.25, 0.3) is 10.9 Å². The van der Waals surface area contributed by atoms with Crippen LogP contribution in [0, 0.1) is 0 Å². The lowest BCUT2D eigenvalue weighted by molar-refractivity contribution is 0.0529. The van der Waals surface area contributed by atoms with E-state index in [0.29, 0.717) is 12.2 Å². The van der Waals surface area contributed by atoms with E-state index in [2.05, 4.69) is 36.8 Å². The molecule has 84 valence electrons. The van der Waals surface area contributed by atoms with Gasteiger partial charge >= 0.3 is 5.97 Å². The zero-order chi connectivity index (χ0) is 11.7. The molecule has 1 aromatic heterocycles. The molecule has 3 nitrogen and oxygen atoms in total. The highest BCUT2D eigenvalue weighted by Gasteiger charge is 2.14. The van der Waals surface area contributed by atoms with E-state index in [4.69, 9.17) is 4.74 Å². The number of ether oxygens (including phenoxy) is 1. The van der Waals surface area contributed by atoms with Gasteiger partial charge in [-0.2, -0.15) is 0 Å². The van der Waals surface area contributed by atoms with Gasteiger partial charge in [-0.05, 0) is 50.9 Å². The van der Waals surface area contributed by atoms with Crippen molar-refractivity contribution in [3.05, 3.63) is 32.8 Å². The summed E-state index contributed by atoms with van der Waals surface area (Å²) in [7, 11) is 0. The van der Waals surface area contributed by atoms with Gasteiger partial charge in [-0.1, -0.05) is 0 Å². The van der Waals surface area contributed by atoms with Crippen LogP contribution in [0.2, 0.25) is 0 Å². The molecule has 16 heavy (non-hydrogen) atoms. The van der Waals surface area contributed by atoms with Crippen molar-refractivity contribution in [2.24, 2.45) is 0 Å². The van der Waals surface area contributed by atoms with Crippen LogP contribution in [-0.2, 0) is 4.74 Å². The molecule has 0 saturated carbocycles. The van der Waals surface area contributed by atoms with E-state index >= 15 is 0 Å². The fourth-order valence-corrected chi connectivity index (χ4v) is 2.18. The SMILES string of the molecule is CCOC(=O)c1c[nH]c2cc(Br)c(Br)cc12. The monoisotopic (exact) mass is 345 g/mol. The summed E-state index contributed by atoms with van der Waals surface area (Å²) in [6.07, 6.45) is 1.67. The predicted octanol–water partition coefficient (Wildman–Crippen LogP) is 3.87. The van der Waals surface area contributed by atoms with E-state index in [1.165, 1.54) is 0 Å². The molecule has 0 aliphatic heterocycles. The molecule has 0 aliphatic rings. The second kappa shape index (κ2) is 4.59. The quantitative estimate of drug-likeness (QED) is 0.839. The molecule has 1 heterocycles. The number of carbonyl (C=O) groups excluding carboxylic acids is 1. The van der Waals surface area contributed by atoms with Gasteiger partial charge in [-0.25, -0.2) is 4.79 Å².